The lowest BCUT2D eigenvalue weighted by molar-refractivity contribution is 0.412. The van der Waals surface area contributed by atoms with Crippen molar-refractivity contribution in [3.05, 3.63) is 50.3 Å². The van der Waals surface area contributed by atoms with E-state index in [0.29, 0.717) is 0 Å². The zero-order valence-electron chi connectivity index (χ0n) is 13.2. The van der Waals surface area contributed by atoms with Crippen LogP contribution in [0.5, 0.6) is 0 Å². The number of benzene rings is 1. The summed E-state index contributed by atoms with van der Waals surface area (Å²) in [5.74, 6) is 0. The predicted molar refractivity (Wildman–Crippen MR) is 92.7 cm³/mol. The number of H-pyrrole nitrogens is 1. The van der Waals surface area contributed by atoms with Crippen LogP contribution < -0.4 is 16.0 Å². The third-order valence-corrected chi connectivity index (χ3v) is 6.09. The van der Waals surface area contributed by atoms with Gasteiger partial charge in [-0.15, -0.1) is 0 Å². The van der Waals surface area contributed by atoms with Crippen molar-refractivity contribution in [3.8, 4) is 5.69 Å². The molecule has 0 radical (unpaired) electrons. The molecule has 1 aliphatic rings. The summed E-state index contributed by atoms with van der Waals surface area (Å²) in [7, 11) is -3.75. The summed E-state index contributed by atoms with van der Waals surface area (Å²) >= 11 is 6.13. The Balaban J connectivity index is 1.91. The van der Waals surface area contributed by atoms with Crippen LogP contribution in [0.3, 0.4) is 0 Å². The van der Waals surface area contributed by atoms with Gasteiger partial charge in [0.25, 0.3) is 5.56 Å². The minimum absolute atomic E-state index is 0.0271. The van der Waals surface area contributed by atoms with Crippen LogP contribution in [-0.4, -0.2) is 29.2 Å². The number of hydrogen-bond donors (Lipinski definition) is 2. The Morgan fingerprint density at radius 2 is 1.92 bits per heavy atom. The number of hydrogen-bond acceptors (Lipinski definition) is 5. The molecule has 10 heteroatoms. The first kappa shape index (κ1) is 17.8. The van der Waals surface area contributed by atoms with Crippen LogP contribution in [0.2, 0.25) is 5.02 Å². The van der Waals surface area contributed by atoms with E-state index in [1.165, 1.54) is 18.2 Å². The molecular weight excluding hydrogens is 368 g/mol. The quantitative estimate of drug-likeness (QED) is 0.821. The summed E-state index contributed by atoms with van der Waals surface area (Å²) in [6, 6.07) is 3.97. The molecule has 134 valence electrons. The van der Waals surface area contributed by atoms with E-state index >= 15 is 0 Å². The fraction of sp³-hybridized carbons (Fsp3) is 0.400. The maximum absolute atomic E-state index is 12.6. The largest absolute Gasteiger partial charge is 0.349 e. The normalized spacial score (nSPS) is 16.0. The van der Waals surface area contributed by atoms with E-state index in [4.69, 9.17) is 11.6 Å². The molecule has 0 amide bonds. The predicted octanol–water partition coefficient (Wildman–Crippen LogP) is 1.19. The van der Waals surface area contributed by atoms with E-state index in [9.17, 15) is 18.0 Å². The second-order valence-corrected chi connectivity index (χ2v) is 8.01. The Kier molecular flexibility index (Phi) is 5.07. The Hall–Kier alpha value is -1.97. The van der Waals surface area contributed by atoms with E-state index in [-0.39, 0.29) is 21.6 Å². The summed E-state index contributed by atoms with van der Waals surface area (Å²) < 4.78 is 28.7. The number of nitrogens with one attached hydrogen (secondary N) is 2. The Morgan fingerprint density at radius 1 is 1.20 bits per heavy atom. The second kappa shape index (κ2) is 7.11. The van der Waals surface area contributed by atoms with Crippen molar-refractivity contribution in [1.29, 1.82) is 0 Å². The van der Waals surface area contributed by atoms with Gasteiger partial charge in [-0.3, -0.25) is 9.78 Å². The highest BCUT2D eigenvalue weighted by molar-refractivity contribution is 7.89. The van der Waals surface area contributed by atoms with Crippen molar-refractivity contribution in [3.63, 3.8) is 0 Å². The highest BCUT2D eigenvalue weighted by Crippen LogP contribution is 2.25. The van der Waals surface area contributed by atoms with Gasteiger partial charge in [0.1, 0.15) is 11.1 Å². The molecule has 0 aliphatic heterocycles. The lowest BCUT2D eigenvalue weighted by Crippen LogP contribution is -2.36. The lowest BCUT2D eigenvalue weighted by atomic mass is 9.96. The van der Waals surface area contributed by atoms with Crippen molar-refractivity contribution >= 4 is 21.6 Å². The summed E-state index contributed by atoms with van der Waals surface area (Å²) in [6.07, 6.45) is 5.69. The van der Waals surface area contributed by atoms with Crippen LogP contribution in [0.25, 0.3) is 5.69 Å². The van der Waals surface area contributed by atoms with Gasteiger partial charge in [0.05, 0.1) is 10.7 Å². The molecule has 1 aliphatic carbocycles. The third kappa shape index (κ3) is 4.00. The van der Waals surface area contributed by atoms with Gasteiger partial charge in [-0.25, -0.2) is 17.9 Å². The first-order valence-electron chi connectivity index (χ1n) is 7.88. The topological polar surface area (TPSA) is 114 Å². The van der Waals surface area contributed by atoms with Gasteiger partial charge in [0.15, 0.2) is 0 Å². The first-order valence-corrected chi connectivity index (χ1v) is 9.74. The van der Waals surface area contributed by atoms with Crippen molar-refractivity contribution in [2.45, 2.75) is 43.0 Å². The molecule has 0 saturated heterocycles. The van der Waals surface area contributed by atoms with E-state index in [1.807, 2.05) is 0 Å². The van der Waals surface area contributed by atoms with Crippen molar-refractivity contribution in [1.82, 2.24) is 19.5 Å². The molecule has 1 aromatic carbocycles. The summed E-state index contributed by atoms with van der Waals surface area (Å²) in [4.78, 5) is 24.9. The van der Waals surface area contributed by atoms with Gasteiger partial charge in [-0.05, 0) is 31.0 Å². The molecule has 2 aromatic rings. The standard InChI is InChI=1S/C15H17ClN4O4S/c16-12-8-11(20-15(22)18-14(21)9-17-20)6-7-13(12)25(23,24)19-10-4-2-1-3-5-10/h6-10,19H,1-5H2,(H,18,21,22). The highest BCUT2D eigenvalue weighted by Gasteiger charge is 2.24. The smallest absolute Gasteiger partial charge is 0.271 e. The van der Waals surface area contributed by atoms with Crippen molar-refractivity contribution in [2.24, 2.45) is 0 Å². The van der Waals surface area contributed by atoms with E-state index in [0.717, 1.165) is 43.0 Å². The molecule has 3 rings (SSSR count). The Morgan fingerprint density at radius 3 is 2.56 bits per heavy atom. The second-order valence-electron chi connectivity index (χ2n) is 5.92. The van der Waals surface area contributed by atoms with Gasteiger partial charge < -0.3 is 0 Å². The molecule has 0 unspecified atom stereocenters. The zero-order valence-corrected chi connectivity index (χ0v) is 14.8. The van der Waals surface area contributed by atoms with Crippen LogP contribution in [-0.2, 0) is 10.0 Å². The van der Waals surface area contributed by atoms with Gasteiger partial charge in [0, 0.05) is 6.04 Å². The van der Waals surface area contributed by atoms with Crippen LogP contribution in [0, 0.1) is 0 Å². The maximum atomic E-state index is 12.6. The maximum Gasteiger partial charge on any atom is 0.349 e. The SMILES string of the molecule is O=c1cnn(-c2ccc(S(=O)(=O)NC3CCCCC3)c(Cl)c2)c(=O)[nH]1. The van der Waals surface area contributed by atoms with Crippen LogP contribution in [0.1, 0.15) is 32.1 Å². The number of aromatic amines is 1. The van der Waals surface area contributed by atoms with E-state index < -0.39 is 21.3 Å². The molecule has 1 heterocycles. The van der Waals surface area contributed by atoms with Crippen LogP contribution >= 0.6 is 11.6 Å². The molecular formula is C15H17ClN4O4S. The third-order valence-electron chi connectivity index (χ3n) is 4.09. The Bertz CT molecular complexity index is 993. The molecule has 0 bridgehead atoms. The summed E-state index contributed by atoms with van der Waals surface area (Å²) in [5.41, 5.74) is -1.11. The lowest BCUT2D eigenvalue weighted by Gasteiger charge is -2.22. The van der Waals surface area contributed by atoms with Gasteiger partial charge >= 0.3 is 5.69 Å². The van der Waals surface area contributed by atoms with Crippen LogP contribution in [0.15, 0.2) is 38.9 Å². The molecule has 1 fully saturated rings. The molecule has 2 N–H and O–H groups in total. The van der Waals surface area contributed by atoms with Crippen molar-refractivity contribution in [2.75, 3.05) is 0 Å². The average Bonchev–Trinajstić information content (AvgIpc) is 2.55. The number of nitrogens with zero attached hydrogens (tertiary/aromatic N) is 2. The zero-order chi connectivity index (χ0) is 18.0. The average molecular weight is 385 g/mol. The molecule has 1 saturated carbocycles. The monoisotopic (exact) mass is 384 g/mol. The van der Waals surface area contributed by atoms with Gasteiger partial charge in [0.2, 0.25) is 10.0 Å². The minimum Gasteiger partial charge on any atom is -0.271 e. The van der Waals surface area contributed by atoms with Crippen LogP contribution in [0.4, 0.5) is 0 Å². The van der Waals surface area contributed by atoms with Gasteiger partial charge in [-0.1, -0.05) is 30.9 Å². The summed E-state index contributed by atoms with van der Waals surface area (Å²) in [6.45, 7) is 0. The number of sulfonamides is 1. The molecule has 0 atom stereocenters. The highest BCUT2D eigenvalue weighted by atomic mass is 35.5. The fourth-order valence-corrected chi connectivity index (χ4v) is 4.72. The van der Waals surface area contributed by atoms with Crippen molar-refractivity contribution < 1.29 is 8.42 Å². The fourth-order valence-electron chi connectivity index (χ4n) is 2.88. The summed E-state index contributed by atoms with van der Waals surface area (Å²) in [5, 5.41) is 3.68. The molecule has 8 nitrogen and oxygen atoms in total. The minimum atomic E-state index is -3.75. The number of rotatable bonds is 4. The molecule has 0 spiro atoms. The first-order chi connectivity index (χ1) is 11.9. The molecule has 25 heavy (non-hydrogen) atoms. The Labute approximate surface area is 148 Å². The van der Waals surface area contributed by atoms with E-state index in [1.54, 1.807) is 0 Å². The van der Waals surface area contributed by atoms with Gasteiger partial charge in [-0.2, -0.15) is 9.78 Å². The van der Waals surface area contributed by atoms with E-state index in [2.05, 4.69) is 14.8 Å². The number of aromatic nitrogens is 3. The number of halogens is 1. The molecule has 1 aromatic heterocycles.